The van der Waals surface area contributed by atoms with Gasteiger partial charge >= 0.3 is 5.97 Å². The van der Waals surface area contributed by atoms with Crippen LogP contribution in [0.25, 0.3) is 0 Å². The number of carbonyl (C=O) groups is 1. The number of hydrogen-bond donors (Lipinski definition) is 2. The summed E-state index contributed by atoms with van der Waals surface area (Å²) in [6.45, 7) is 1.89. The molecule has 1 atom stereocenters. The number of carboxylic acid groups (broad SMARTS) is 1. The molecule has 2 rings (SSSR count). The zero-order valence-corrected chi connectivity index (χ0v) is 10.3. The lowest BCUT2D eigenvalue weighted by molar-refractivity contribution is 0.0697. The van der Waals surface area contributed by atoms with Gasteiger partial charge in [0.1, 0.15) is 5.82 Å². The van der Waals surface area contributed by atoms with Crippen molar-refractivity contribution in [1.29, 1.82) is 0 Å². The second-order valence-electron chi connectivity index (χ2n) is 4.15. The Bertz CT molecular complexity index is 567. The fourth-order valence-corrected chi connectivity index (χ4v) is 1.68. The highest BCUT2D eigenvalue weighted by Gasteiger charge is 2.07. The average molecular weight is 260 g/mol. The zero-order chi connectivity index (χ0) is 13.8. The van der Waals surface area contributed by atoms with Gasteiger partial charge in [0.2, 0.25) is 0 Å². The van der Waals surface area contributed by atoms with Crippen LogP contribution in [0.5, 0.6) is 0 Å². The quantitative estimate of drug-likeness (QED) is 0.886. The number of pyridine rings is 1. The summed E-state index contributed by atoms with van der Waals surface area (Å²) in [6.07, 6.45) is 1.17. The van der Waals surface area contributed by atoms with Crippen LogP contribution in [0.4, 0.5) is 10.1 Å². The number of nitrogens with one attached hydrogen (secondary N) is 1. The molecule has 0 fully saturated rings. The number of carboxylic acids is 1. The Labute approximate surface area is 109 Å². The zero-order valence-electron chi connectivity index (χ0n) is 10.3. The van der Waals surface area contributed by atoms with Crippen molar-refractivity contribution in [2.45, 2.75) is 13.0 Å². The molecule has 0 amide bonds. The van der Waals surface area contributed by atoms with E-state index in [9.17, 15) is 9.18 Å². The van der Waals surface area contributed by atoms with E-state index in [0.29, 0.717) is 5.69 Å². The largest absolute Gasteiger partial charge is 0.478 e. The highest BCUT2D eigenvalue weighted by atomic mass is 19.1. The van der Waals surface area contributed by atoms with Gasteiger partial charge in [-0.05, 0) is 43.3 Å². The minimum absolute atomic E-state index is 0.101. The molecule has 0 spiro atoms. The molecule has 0 saturated carbocycles. The van der Waals surface area contributed by atoms with Gasteiger partial charge in [0.05, 0.1) is 23.5 Å². The summed E-state index contributed by atoms with van der Waals surface area (Å²) in [5.41, 5.74) is 1.73. The number of halogens is 1. The van der Waals surface area contributed by atoms with E-state index < -0.39 is 5.97 Å². The molecule has 0 aliphatic rings. The van der Waals surface area contributed by atoms with Crippen LogP contribution in [-0.2, 0) is 0 Å². The van der Waals surface area contributed by atoms with Crippen LogP contribution in [0, 0.1) is 5.82 Å². The second-order valence-corrected chi connectivity index (χ2v) is 4.15. The topological polar surface area (TPSA) is 62.2 Å². The molecule has 0 saturated heterocycles. The minimum atomic E-state index is -0.959. The van der Waals surface area contributed by atoms with Gasteiger partial charge in [-0.1, -0.05) is 0 Å². The van der Waals surface area contributed by atoms with Gasteiger partial charge in [-0.15, -0.1) is 0 Å². The molecular weight excluding hydrogens is 247 g/mol. The third-order valence-corrected chi connectivity index (χ3v) is 2.71. The summed E-state index contributed by atoms with van der Waals surface area (Å²) in [7, 11) is 0. The monoisotopic (exact) mass is 260 g/mol. The molecule has 0 bridgehead atoms. The number of aromatic carboxylic acids is 1. The lowest BCUT2D eigenvalue weighted by Gasteiger charge is -2.14. The van der Waals surface area contributed by atoms with Crippen LogP contribution in [-0.4, -0.2) is 16.1 Å². The van der Waals surface area contributed by atoms with Gasteiger partial charge < -0.3 is 10.4 Å². The Kier molecular flexibility index (Phi) is 3.75. The molecule has 98 valence electrons. The molecule has 2 N–H and O–H groups in total. The van der Waals surface area contributed by atoms with E-state index in [2.05, 4.69) is 10.3 Å². The maximum Gasteiger partial charge on any atom is 0.335 e. The maximum atomic E-state index is 12.8. The molecule has 19 heavy (non-hydrogen) atoms. The van der Waals surface area contributed by atoms with E-state index in [0.717, 1.165) is 5.69 Å². The van der Waals surface area contributed by atoms with Crippen LogP contribution in [0.3, 0.4) is 0 Å². The molecule has 0 aliphatic carbocycles. The molecule has 1 heterocycles. The first-order valence-corrected chi connectivity index (χ1v) is 5.77. The summed E-state index contributed by atoms with van der Waals surface area (Å²) >= 11 is 0. The predicted octanol–water partition coefficient (Wildman–Crippen LogP) is 3.09. The molecule has 1 unspecified atom stereocenters. The van der Waals surface area contributed by atoms with E-state index in [1.54, 1.807) is 18.2 Å². The lowest BCUT2D eigenvalue weighted by atomic mass is 10.1. The van der Waals surface area contributed by atoms with Crippen molar-refractivity contribution in [3.05, 3.63) is 59.7 Å². The van der Waals surface area contributed by atoms with Crippen molar-refractivity contribution in [2.24, 2.45) is 0 Å². The van der Waals surface area contributed by atoms with Gasteiger partial charge in [-0.2, -0.15) is 0 Å². The molecule has 1 aromatic heterocycles. The maximum absolute atomic E-state index is 12.8. The van der Waals surface area contributed by atoms with E-state index in [-0.39, 0.29) is 17.4 Å². The van der Waals surface area contributed by atoms with Gasteiger partial charge in [-0.3, -0.25) is 4.98 Å². The van der Waals surface area contributed by atoms with Crippen LogP contribution in [0.2, 0.25) is 0 Å². The fourth-order valence-electron chi connectivity index (χ4n) is 1.68. The van der Waals surface area contributed by atoms with Crippen molar-refractivity contribution in [3.8, 4) is 0 Å². The van der Waals surface area contributed by atoms with Crippen molar-refractivity contribution >= 4 is 11.7 Å². The van der Waals surface area contributed by atoms with Crippen molar-refractivity contribution in [3.63, 3.8) is 0 Å². The number of hydrogen-bond acceptors (Lipinski definition) is 3. The van der Waals surface area contributed by atoms with E-state index >= 15 is 0 Å². The van der Waals surface area contributed by atoms with Gasteiger partial charge in [0, 0.05) is 5.69 Å². The SMILES string of the molecule is CC(Nc1ccc(C(=O)O)cc1)c1ccc(F)cn1. The fraction of sp³-hybridized carbons (Fsp3) is 0.143. The first kappa shape index (κ1) is 13.0. The third-order valence-electron chi connectivity index (χ3n) is 2.71. The second kappa shape index (κ2) is 5.48. The normalized spacial score (nSPS) is 11.9. The van der Waals surface area contributed by atoms with Crippen LogP contribution >= 0.6 is 0 Å². The van der Waals surface area contributed by atoms with Crippen molar-refractivity contribution < 1.29 is 14.3 Å². The first-order valence-electron chi connectivity index (χ1n) is 5.77. The van der Waals surface area contributed by atoms with Crippen LogP contribution in [0.15, 0.2) is 42.6 Å². The molecule has 0 radical (unpaired) electrons. The van der Waals surface area contributed by atoms with E-state index in [4.69, 9.17) is 5.11 Å². The van der Waals surface area contributed by atoms with Gasteiger partial charge in [-0.25, -0.2) is 9.18 Å². The number of aromatic nitrogens is 1. The van der Waals surface area contributed by atoms with E-state index in [1.807, 2.05) is 6.92 Å². The molecule has 4 nitrogen and oxygen atoms in total. The molecule has 2 aromatic rings. The molecule has 0 aliphatic heterocycles. The predicted molar refractivity (Wildman–Crippen MR) is 69.6 cm³/mol. The highest BCUT2D eigenvalue weighted by molar-refractivity contribution is 5.88. The van der Waals surface area contributed by atoms with Crippen LogP contribution < -0.4 is 5.32 Å². The smallest absolute Gasteiger partial charge is 0.335 e. The Hall–Kier alpha value is -2.43. The average Bonchev–Trinajstić information content (AvgIpc) is 2.40. The Morgan fingerprint density at radius 2 is 1.95 bits per heavy atom. The minimum Gasteiger partial charge on any atom is -0.478 e. The van der Waals surface area contributed by atoms with Crippen molar-refractivity contribution in [1.82, 2.24) is 4.98 Å². The standard InChI is InChI=1S/C14H13FN2O2/c1-9(13-7-4-11(15)8-16-13)17-12-5-2-10(3-6-12)14(18)19/h2-9,17H,1H3,(H,18,19). The number of benzene rings is 1. The number of nitrogens with zero attached hydrogens (tertiary/aromatic N) is 1. The Morgan fingerprint density at radius 3 is 2.47 bits per heavy atom. The summed E-state index contributed by atoms with van der Waals surface area (Å²) in [4.78, 5) is 14.7. The summed E-state index contributed by atoms with van der Waals surface area (Å²) < 4.78 is 12.8. The Balaban J connectivity index is 2.08. The summed E-state index contributed by atoms with van der Waals surface area (Å²) in [5, 5.41) is 12.0. The van der Waals surface area contributed by atoms with Gasteiger partial charge in [0.25, 0.3) is 0 Å². The van der Waals surface area contributed by atoms with Crippen LogP contribution in [0.1, 0.15) is 29.0 Å². The molecule has 5 heteroatoms. The lowest BCUT2D eigenvalue weighted by Crippen LogP contribution is -2.08. The summed E-state index contributed by atoms with van der Waals surface area (Å²) in [5.74, 6) is -1.33. The highest BCUT2D eigenvalue weighted by Crippen LogP contribution is 2.18. The van der Waals surface area contributed by atoms with E-state index in [1.165, 1.54) is 24.4 Å². The van der Waals surface area contributed by atoms with Gasteiger partial charge in [0.15, 0.2) is 0 Å². The molecule has 1 aromatic carbocycles. The summed E-state index contributed by atoms with van der Waals surface area (Å²) in [6, 6.07) is 9.28. The number of rotatable bonds is 4. The van der Waals surface area contributed by atoms with Crippen molar-refractivity contribution in [2.75, 3.05) is 5.32 Å². The third kappa shape index (κ3) is 3.28. The number of anilines is 1. The first-order chi connectivity index (χ1) is 9.06. The Morgan fingerprint density at radius 1 is 1.26 bits per heavy atom. The molecular formula is C14H13FN2O2.